The van der Waals surface area contributed by atoms with E-state index >= 15 is 0 Å². The van der Waals surface area contributed by atoms with Crippen LogP contribution in [-0.4, -0.2) is 0 Å². The standard InChI is InChI=1S/C58H35N/c1-3-12-36(13-4-1)38-26-30-41(31-27-38)59(42-32-28-39(29-33-42)37-14-5-2-6-15-37)52-35-34-46-45-20-10-24-50-56(45)58(49-23-11-21-47(52)54(46)49)51-25-9-19-44-43-18-7-16-40-17-8-22-48(53(40)43)57(50)55(44)51/h1-35H. The van der Waals surface area contributed by atoms with Gasteiger partial charge in [-0.05, 0) is 133 Å². The molecule has 0 N–H and O–H groups in total. The predicted molar refractivity (Wildman–Crippen MR) is 254 cm³/mol. The summed E-state index contributed by atoms with van der Waals surface area (Å²) in [7, 11) is 0. The molecule has 0 radical (unpaired) electrons. The first-order valence-corrected chi connectivity index (χ1v) is 20.5. The molecule has 1 heteroatoms. The highest BCUT2D eigenvalue weighted by atomic mass is 15.1. The zero-order valence-corrected chi connectivity index (χ0v) is 32.2. The van der Waals surface area contributed by atoms with Gasteiger partial charge in [-0.15, -0.1) is 0 Å². The van der Waals surface area contributed by atoms with Gasteiger partial charge in [-0.1, -0.05) is 182 Å². The maximum absolute atomic E-state index is 2.44. The first kappa shape index (κ1) is 32.4. The van der Waals surface area contributed by atoms with E-state index < -0.39 is 0 Å². The van der Waals surface area contributed by atoms with Crippen molar-refractivity contribution in [3.63, 3.8) is 0 Å². The molecule has 272 valence electrons. The Balaban J connectivity index is 1.11. The van der Waals surface area contributed by atoms with Gasteiger partial charge in [0, 0.05) is 16.8 Å². The normalized spacial score (nSPS) is 12.1. The largest absolute Gasteiger partial charge is 0.310 e. The van der Waals surface area contributed by atoms with Gasteiger partial charge in [-0.3, -0.25) is 0 Å². The molecule has 0 fully saturated rings. The van der Waals surface area contributed by atoms with E-state index in [9.17, 15) is 0 Å². The first-order valence-electron chi connectivity index (χ1n) is 20.5. The Morgan fingerprint density at radius 2 is 0.559 bits per heavy atom. The minimum Gasteiger partial charge on any atom is -0.310 e. The Labute approximate surface area is 341 Å². The molecule has 0 unspecified atom stereocenters. The third-order valence-corrected chi connectivity index (χ3v) is 12.9. The average Bonchev–Trinajstić information content (AvgIpc) is 3.31. The molecule has 0 aliphatic heterocycles. The fourth-order valence-electron chi connectivity index (χ4n) is 10.4. The van der Waals surface area contributed by atoms with Crippen LogP contribution in [0.5, 0.6) is 0 Å². The Bertz CT molecular complexity index is 3650. The molecule has 0 bridgehead atoms. The predicted octanol–water partition coefficient (Wildman–Crippen LogP) is 16.6. The van der Waals surface area contributed by atoms with Crippen molar-refractivity contribution >= 4 is 103 Å². The van der Waals surface area contributed by atoms with E-state index in [-0.39, 0.29) is 0 Å². The smallest absolute Gasteiger partial charge is 0.0540 e. The summed E-state index contributed by atoms with van der Waals surface area (Å²) in [5.41, 5.74) is 8.22. The van der Waals surface area contributed by atoms with Crippen LogP contribution in [0.25, 0.3) is 108 Å². The van der Waals surface area contributed by atoms with Gasteiger partial charge in [0.1, 0.15) is 0 Å². The number of hydrogen-bond donors (Lipinski definition) is 0. The molecule has 1 nitrogen and oxygen atoms in total. The van der Waals surface area contributed by atoms with E-state index in [1.165, 1.54) is 108 Å². The average molecular weight is 746 g/mol. The van der Waals surface area contributed by atoms with E-state index in [0.29, 0.717) is 0 Å². The van der Waals surface area contributed by atoms with Gasteiger partial charge in [0.15, 0.2) is 0 Å². The minimum absolute atomic E-state index is 1.12. The molecule has 13 aromatic carbocycles. The monoisotopic (exact) mass is 745 g/mol. The highest BCUT2D eigenvalue weighted by Crippen LogP contribution is 2.52. The van der Waals surface area contributed by atoms with Crippen molar-refractivity contribution in [3.8, 4) is 22.3 Å². The summed E-state index contributed by atoms with van der Waals surface area (Å²) in [6, 6.07) is 78.6. The van der Waals surface area contributed by atoms with Crippen LogP contribution in [0.1, 0.15) is 0 Å². The second-order valence-electron chi connectivity index (χ2n) is 15.9. The second-order valence-corrected chi connectivity index (χ2v) is 15.9. The number of fused-ring (bicyclic) bond motifs is 6. The van der Waals surface area contributed by atoms with Crippen LogP contribution < -0.4 is 4.90 Å². The van der Waals surface area contributed by atoms with Gasteiger partial charge in [0.25, 0.3) is 0 Å². The zero-order chi connectivity index (χ0) is 38.6. The van der Waals surface area contributed by atoms with Crippen LogP contribution in [0.15, 0.2) is 212 Å². The summed E-state index contributed by atoms with van der Waals surface area (Å²) in [6.07, 6.45) is 0. The Kier molecular flexibility index (Phi) is 6.79. The van der Waals surface area contributed by atoms with Crippen LogP contribution in [0, 0.1) is 0 Å². The molecule has 13 aromatic rings. The van der Waals surface area contributed by atoms with Gasteiger partial charge in [0.2, 0.25) is 0 Å². The number of benzene rings is 13. The van der Waals surface area contributed by atoms with Gasteiger partial charge in [-0.2, -0.15) is 0 Å². The van der Waals surface area contributed by atoms with Gasteiger partial charge in [0.05, 0.1) is 5.69 Å². The summed E-state index contributed by atoms with van der Waals surface area (Å²) < 4.78 is 0. The Hall–Kier alpha value is -7.74. The molecule has 0 atom stereocenters. The molecule has 0 saturated carbocycles. The topological polar surface area (TPSA) is 3.24 Å². The van der Waals surface area contributed by atoms with Crippen molar-refractivity contribution in [1.29, 1.82) is 0 Å². The summed E-state index contributed by atoms with van der Waals surface area (Å²) in [4.78, 5) is 2.44. The van der Waals surface area contributed by atoms with Crippen LogP contribution in [0.4, 0.5) is 17.1 Å². The highest BCUT2D eigenvalue weighted by Gasteiger charge is 2.24. The quantitative estimate of drug-likeness (QED) is 0.125. The molecule has 0 spiro atoms. The number of hydrogen-bond acceptors (Lipinski definition) is 1. The molecule has 59 heavy (non-hydrogen) atoms. The number of rotatable bonds is 5. The van der Waals surface area contributed by atoms with Gasteiger partial charge >= 0.3 is 0 Å². The second kappa shape index (κ2) is 12.4. The zero-order valence-electron chi connectivity index (χ0n) is 32.2. The maximum Gasteiger partial charge on any atom is 0.0540 e. The third kappa shape index (κ3) is 4.62. The fourth-order valence-corrected chi connectivity index (χ4v) is 10.4. The minimum atomic E-state index is 1.12. The van der Waals surface area contributed by atoms with Gasteiger partial charge < -0.3 is 4.90 Å². The fraction of sp³-hybridized carbons (Fsp3) is 0. The van der Waals surface area contributed by atoms with Crippen molar-refractivity contribution < 1.29 is 0 Å². The van der Waals surface area contributed by atoms with E-state index in [4.69, 9.17) is 0 Å². The Morgan fingerprint density at radius 1 is 0.203 bits per heavy atom. The van der Waals surface area contributed by atoms with Crippen LogP contribution >= 0.6 is 0 Å². The summed E-state index contributed by atoms with van der Waals surface area (Å²) in [5.74, 6) is 0. The number of anilines is 3. The van der Waals surface area contributed by atoms with E-state index in [2.05, 4.69) is 217 Å². The van der Waals surface area contributed by atoms with Crippen LogP contribution in [0.3, 0.4) is 0 Å². The van der Waals surface area contributed by atoms with E-state index in [1.807, 2.05) is 0 Å². The lowest BCUT2D eigenvalue weighted by Crippen LogP contribution is -2.10. The van der Waals surface area contributed by atoms with E-state index in [1.54, 1.807) is 0 Å². The number of nitrogens with zero attached hydrogens (tertiary/aromatic N) is 1. The SMILES string of the molecule is c1ccc(-c2ccc(N(c3ccc(-c4ccccc4)cc3)c3ccc4c5cccc6c5c(c5cccc3c45)c3cccc4c5cccc7cccc(c75)c6c43)cc2)cc1. The maximum atomic E-state index is 2.44. The molecule has 0 aliphatic rings. The molecular weight excluding hydrogens is 711 g/mol. The molecule has 0 aliphatic carbocycles. The van der Waals surface area contributed by atoms with Crippen molar-refractivity contribution in [1.82, 2.24) is 0 Å². The summed E-state index contributed by atoms with van der Waals surface area (Å²) in [5, 5.41) is 21.1. The molecule has 0 aromatic heterocycles. The Morgan fingerprint density at radius 3 is 1.07 bits per heavy atom. The van der Waals surface area contributed by atoms with Gasteiger partial charge in [-0.25, -0.2) is 0 Å². The van der Waals surface area contributed by atoms with Crippen molar-refractivity contribution in [2.45, 2.75) is 0 Å². The summed E-state index contributed by atoms with van der Waals surface area (Å²) in [6.45, 7) is 0. The molecule has 0 heterocycles. The highest BCUT2D eigenvalue weighted by molar-refractivity contribution is 6.47. The lowest BCUT2D eigenvalue weighted by atomic mass is 9.82. The first-order chi connectivity index (χ1) is 29.3. The van der Waals surface area contributed by atoms with E-state index in [0.717, 1.165) is 17.1 Å². The third-order valence-electron chi connectivity index (χ3n) is 12.9. The lowest BCUT2D eigenvalue weighted by molar-refractivity contribution is 1.30. The lowest BCUT2D eigenvalue weighted by Gasteiger charge is -2.28. The van der Waals surface area contributed by atoms with Crippen molar-refractivity contribution in [3.05, 3.63) is 212 Å². The molecule has 13 rings (SSSR count). The van der Waals surface area contributed by atoms with Crippen molar-refractivity contribution in [2.24, 2.45) is 0 Å². The van der Waals surface area contributed by atoms with Crippen LogP contribution in [0.2, 0.25) is 0 Å². The molecule has 0 amide bonds. The van der Waals surface area contributed by atoms with Crippen molar-refractivity contribution in [2.75, 3.05) is 4.90 Å². The van der Waals surface area contributed by atoms with Crippen LogP contribution in [-0.2, 0) is 0 Å². The summed E-state index contributed by atoms with van der Waals surface area (Å²) >= 11 is 0. The molecule has 0 saturated heterocycles. The molecular formula is C58H35N.